The number of nitriles is 1. The Labute approximate surface area is 167 Å². The van der Waals surface area contributed by atoms with Gasteiger partial charge in [-0.2, -0.15) is 5.26 Å². The molecule has 2 aromatic heterocycles. The topological polar surface area (TPSA) is 87.9 Å². The van der Waals surface area contributed by atoms with Crippen LogP contribution in [0.15, 0.2) is 54.9 Å². The van der Waals surface area contributed by atoms with Gasteiger partial charge in [-0.05, 0) is 48.4 Å². The summed E-state index contributed by atoms with van der Waals surface area (Å²) in [6.45, 7) is 2.01. The average molecular weight is 388 g/mol. The number of carbonyl (C=O) groups is 1. The highest BCUT2D eigenvalue weighted by Crippen LogP contribution is 2.41. The molecule has 0 bridgehead atoms. The molecule has 1 amide bonds. The lowest BCUT2D eigenvalue weighted by Crippen LogP contribution is -2.50. The number of aryl methyl sites for hydroxylation is 1. The third-order valence-corrected chi connectivity index (χ3v) is 5.03. The van der Waals surface area contributed by atoms with E-state index < -0.39 is 11.4 Å². The Kier molecular flexibility index (Phi) is 4.69. The summed E-state index contributed by atoms with van der Waals surface area (Å²) in [5, 5.41) is 11.9. The Morgan fingerprint density at radius 3 is 2.86 bits per heavy atom. The summed E-state index contributed by atoms with van der Waals surface area (Å²) in [5.74, 6) is -0.279. The lowest BCUT2D eigenvalue weighted by molar-refractivity contribution is 0.0878. The van der Waals surface area contributed by atoms with Crippen molar-refractivity contribution in [2.45, 2.75) is 18.9 Å². The normalized spacial score (nSPS) is 17.6. The first-order chi connectivity index (χ1) is 14.0. The summed E-state index contributed by atoms with van der Waals surface area (Å²) in [7, 11) is 0. The van der Waals surface area contributed by atoms with Crippen molar-refractivity contribution in [3.8, 4) is 11.8 Å². The lowest BCUT2D eigenvalue weighted by Gasteiger charge is -2.39. The van der Waals surface area contributed by atoms with E-state index in [0.29, 0.717) is 41.2 Å². The van der Waals surface area contributed by atoms with E-state index in [1.165, 1.54) is 24.4 Å². The van der Waals surface area contributed by atoms with E-state index in [-0.39, 0.29) is 11.5 Å². The van der Waals surface area contributed by atoms with Gasteiger partial charge in [-0.1, -0.05) is 12.1 Å². The van der Waals surface area contributed by atoms with Crippen molar-refractivity contribution in [2.75, 3.05) is 6.61 Å². The fourth-order valence-electron chi connectivity index (χ4n) is 3.45. The molecule has 3 aromatic rings. The molecule has 3 heterocycles. The number of ether oxygens (including phenoxy) is 1. The number of fused-ring (bicyclic) bond motifs is 1. The molecular formula is C22H17FN4O2. The Morgan fingerprint density at radius 1 is 1.28 bits per heavy atom. The standard InChI is InChI=1S/C22H17FN4O2/c1-14-4-6-16(11-17(14)23)22(8-10-29-19-3-2-9-25-20(19)22)27-21(28)18-7-5-15(12-24)13-26-18/h2-7,9,11,13H,8,10H2,1H3,(H,27,28)/t22-/m0/s1. The molecule has 7 heteroatoms. The fourth-order valence-corrected chi connectivity index (χ4v) is 3.45. The van der Waals surface area contributed by atoms with Gasteiger partial charge in [0.05, 0.1) is 12.2 Å². The maximum absolute atomic E-state index is 14.4. The van der Waals surface area contributed by atoms with E-state index in [4.69, 9.17) is 10.00 Å². The van der Waals surface area contributed by atoms with Crippen molar-refractivity contribution in [1.82, 2.24) is 15.3 Å². The summed E-state index contributed by atoms with van der Waals surface area (Å²) in [5.41, 5.74) is 1.03. The minimum atomic E-state index is -1.07. The van der Waals surface area contributed by atoms with Crippen molar-refractivity contribution in [3.63, 3.8) is 0 Å². The molecule has 0 saturated carbocycles. The van der Waals surface area contributed by atoms with Gasteiger partial charge in [0.1, 0.15) is 34.6 Å². The molecule has 1 N–H and O–H groups in total. The van der Waals surface area contributed by atoms with Gasteiger partial charge >= 0.3 is 0 Å². The first kappa shape index (κ1) is 18.6. The number of pyridine rings is 2. The zero-order valence-electron chi connectivity index (χ0n) is 15.6. The van der Waals surface area contributed by atoms with Gasteiger partial charge < -0.3 is 10.1 Å². The fraction of sp³-hybridized carbons (Fsp3) is 0.182. The number of aromatic nitrogens is 2. The van der Waals surface area contributed by atoms with Gasteiger partial charge in [-0.3, -0.25) is 9.78 Å². The smallest absolute Gasteiger partial charge is 0.270 e. The van der Waals surface area contributed by atoms with E-state index in [1.54, 1.807) is 37.4 Å². The number of nitrogens with zero attached hydrogens (tertiary/aromatic N) is 3. The number of rotatable bonds is 3. The molecular weight excluding hydrogens is 371 g/mol. The molecule has 0 aliphatic carbocycles. The average Bonchev–Trinajstić information content (AvgIpc) is 2.76. The van der Waals surface area contributed by atoms with Crippen molar-refractivity contribution in [3.05, 3.63) is 88.8 Å². The molecule has 1 aromatic carbocycles. The monoisotopic (exact) mass is 388 g/mol. The molecule has 1 aliphatic heterocycles. The molecule has 4 rings (SSSR count). The van der Waals surface area contributed by atoms with Gasteiger partial charge in [0, 0.05) is 18.8 Å². The predicted octanol–water partition coefficient (Wildman–Crippen LogP) is 3.25. The van der Waals surface area contributed by atoms with Crippen LogP contribution in [-0.4, -0.2) is 22.5 Å². The second-order valence-electron chi connectivity index (χ2n) is 6.82. The highest BCUT2D eigenvalue weighted by Gasteiger charge is 2.43. The van der Waals surface area contributed by atoms with Crippen LogP contribution in [0.5, 0.6) is 5.75 Å². The number of nitrogens with one attached hydrogen (secondary N) is 1. The molecule has 0 saturated heterocycles. The van der Waals surface area contributed by atoms with Crippen LogP contribution in [-0.2, 0) is 5.54 Å². The second kappa shape index (κ2) is 7.32. The lowest BCUT2D eigenvalue weighted by atomic mass is 9.81. The largest absolute Gasteiger partial charge is 0.491 e. The van der Waals surface area contributed by atoms with Crippen LogP contribution in [0.3, 0.4) is 0 Å². The first-order valence-electron chi connectivity index (χ1n) is 9.07. The zero-order valence-corrected chi connectivity index (χ0v) is 15.6. The summed E-state index contributed by atoms with van der Waals surface area (Å²) in [6, 6.07) is 13.4. The van der Waals surface area contributed by atoms with Crippen LogP contribution in [0, 0.1) is 24.1 Å². The Bertz CT molecular complexity index is 1120. The van der Waals surface area contributed by atoms with Crippen LogP contribution in [0.4, 0.5) is 4.39 Å². The molecule has 144 valence electrons. The van der Waals surface area contributed by atoms with Gasteiger partial charge in [0.2, 0.25) is 0 Å². The van der Waals surface area contributed by atoms with Crippen molar-refractivity contribution in [2.24, 2.45) is 0 Å². The number of benzene rings is 1. The highest BCUT2D eigenvalue weighted by molar-refractivity contribution is 5.93. The number of hydrogen-bond donors (Lipinski definition) is 1. The minimum absolute atomic E-state index is 0.153. The van der Waals surface area contributed by atoms with Gasteiger partial charge in [0.25, 0.3) is 5.91 Å². The van der Waals surface area contributed by atoms with Crippen LogP contribution in [0.1, 0.15) is 39.3 Å². The predicted molar refractivity (Wildman–Crippen MR) is 103 cm³/mol. The maximum atomic E-state index is 14.4. The van der Waals surface area contributed by atoms with Crippen LogP contribution in [0.2, 0.25) is 0 Å². The Hall–Kier alpha value is -3.79. The third kappa shape index (κ3) is 3.29. The van der Waals surface area contributed by atoms with Crippen molar-refractivity contribution in [1.29, 1.82) is 5.26 Å². The van der Waals surface area contributed by atoms with E-state index in [0.717, 1.165) is 0 Å². The molecule has 0 fully saturated rings. The van der Waals surface area contributed by atoms with Gasteiger partial charge in [0.15, 0.2) is 0 Å². The molecule has 6 nitrogen and oxygen atoms in total. The van der Waals surface area contributed by atoms with E-state index in [2.05, 4.69) is 15.3 Å². The minimum Gasteiger partial charge on any atom is -0.491 e. The molecule has 0 spiro atoms. The summed E-state index contributed by atoms with van der Waals surface area (Å²) in [4.78, 5) is 21.6. The summed E-state index contributed by atoms with van der Waals surface area (Å²) in [6.07, 6.45) is 3.32. The van der Waals surface area contributed by atoms with Crippen molar-refractivity contribution >= 4 is 5.91 Å². The number of hydrogen-bond acceptors (Lipinski definition) is 5. The SMILES string of the molecule is Cc1ccc([C@@]2(NC(=O)c3ccc(C#N)cn3)CCOc3cccnc32)cc1F. The molecule has 29 heavy (non-hydrogen) atoms. The summed E-state index contributed by atoms with van der Waals surface area (Å²) >= 11 is 0. The van der Waals surface area contributed by atoms with Crippen LogP contribution in [0.25, 0.3) is 0 Å². The molecule has 1 aliphatic rings. The number of carbonyl (C=O) groups excluding carboxylic acids is 1. The molecule has 0 radical (unpaired) electrons. The van der Waals surface area contributed by atoms with Gasteiger partial charge in [-0.25, -0.2) is 9.37 Å². The zero-order chi connectivity index (χ0) is 20.4. The quantitative estimate of drug-likeness (QED) is 0.744. The Balaban J connectivity index is 1.82. The van der Waals surface area contributed by atoms with Gasteiger partial charge in [-0.15, -0.1) is 0 Å². The molecule has 0 unspecified atom stereocenters. The van der Waals surface area contributed by atoms with Crippen LogP contribution >= 0.6 is 0 Å². The second-order valence-corrected chi connectivity index (χ2v) is 6.82. The first-order valence-corrected chi connectivity index (χ1v) is 9.07. The van der Waals surface area contributed by atoms with E-state index in [9.17, 15) is 9.18 Å². The van der Waals surface area contributed by atoms with E-state index >= 15 is 0 Å². The van der Waals surface area contributed by atoms with Crippen molar-refractivity contribution < 1.29 is 13.9 Å². The van der Waals surface area contributed by atoms with E-state index in [1.807, 2.05) is 6.07 Å². The maximum Gasteiger partial charge on any atom is 0.270 e. The number of halogens is 1. The van der Waals surface area contributed by atoms with Crippen LogP contribution < -0.4 is 10.1 Å². The third-order valence-electron chi connectivity index (χ3n) is 5.03. The Morgan fingerprint density at radius 2 is 2.14 bits per heavy atom. The highest BCUT2D eigenvalue weighted by atomic mass is 19.1. The summed E-state index contributed by atoms with van der Waals surface area (Å²) < 4.78 is 20.1. The number of amides is 1. The molecule has 1 atom stereocenters.